The van der Waals surface area contributed by atoms with Crippen LogP contribution in [0.5, 0.6) is 0 Å². The summed E-state index contributed by atoms with van der Waals surface area (Å²) >= 11 is 6.89. The fourth-order valence-electron chi connectivity index (χ4n) is 5.73. The van der Waals surface area contributed by atoms with E-state index >= 15 is 0 Å². The normalized spacial score (nSPS) is 10.9. The summed E-state index contributed by atoms with van der Waals surface area (Å²) in [6.07, 6.45) is 0. The zero-order valence-electron chi connectivity index (χ0n) is 30.1. The lowest BCUT2D eigenvalue weighted by molar-refractivity contribution is 0.0464. The SMILES string of the molecule is COCCN(CCOC)c1nc(-c2ccc(-c3ccc(C(=O)OCc4ccccc4)cc3)cc2)c(Cl)nc1-c1ccc(C(=O)OCc2ccccc2)cc1. The number of ether oxygens (including phenoxy) is 4. The minimum atomic E-state index is -0.423. The van der Waals surface area contributed by atoms with Gasteiger partial charge in [0.25, 0.3) is 0 Å². The van der Waals surface area contributed by atoms with Gasteiger partial charge in [0.1, 0.15) is 24.6 Å². The van der Waals surface area contributed by atoms with Crippen molar-refractivity contribution in [3.05, 3.63) is 161 Å². The highest BCUT2D eigenvalue weighted by atomic mass is 35.5. The zero-order valence-corrected chi connectivity index (χ0v) is 30.9. The van der Waals surface area contributed by atoms with Crippen LogP contribution in [0.2, 0.25) is 5.15 Å². The first-order valence-electron chi connectivity index (χ1n) is 17.5. The monoisotopic (exact) mass is 741 g/mol. The molecule has 0 saturated carbocycles. The highest BCUT2D eigenvalue weighted by Gasteiger charge is 2.21. The Kier molecular flexibility index (Phi) is 13.2. The Morgan fingerprint density at radius 2 is 0.944 bits per heavy atom. The van der Waals surface area contributed by atoms with E-state index in [1.807, 2.05) is 109 Å². The Morgan fingerprint density at radius 1 is 0.537 bits per heavy atom. The predicted molar refractivity (Wildman–Crippen MR) is 210 cm³/mol. The van der Waals surface area contributed by atoms with Gasteiger partial charge in [0, 0.05) is 38.4 Å². The van der Waals surface area contributed by atoms with Crippen LogP contribution >= 0.6 is 11.6 Å². The van der Waals surface area contributed by atoms with E-state index in [1.165, 1.54) is 0 Å². The summed E-state index contributed by atoms with van der Waals surface area (Å²) in [4.78, 5) is 37.5. The lowest BCUT2D eigenvalue weighted by Gasteiger charge is -2.26. The van der Waals surface area contributed by atoms with E-state index in [4.69, 9.17) is 40.5 Å². The van der Waals surface area contributed by atoms with E-state index in [0.29, 0.717) is 54.6 Å². The van der Waals surface area contributed by atoms with Gasteiger partial charge in [-0.2, -0.15) is 0 Å². The molecule has 0 bridgehead atoms. The second-order valence-corrected chi connectivity index (χ2v) is 12.7. The Labute approximate surface area is 320 Å². The molecule has 274 valence electrons. The average Bonchev–Trinajstić information content (AvgIpc) is 3.23. The number of carbonyl (C=O) groups excluding carboxylic acids is 2. The number of hydrogen-bond acceptors (Lipinski definition) is 9. The highest BCUT2D eigenvalue weighted by molar-refractivity contribution is 6.32. The largest absolute Gasteiger partial charge is 0.457 e. The van der Waals surface area contributed by atoms with E-state index in [-0.39, 0.29) is 24.3 Å². The average molecular weight is 742 g/mol. The topological polar surface area (TPSA) is 100 Å². The van der Waals surface area contributed by atoms with Crippen LogP contribution in [0, 0.1) is 0 Å². The molecule has 6 rings (SSSR count). The quantitative estimate of drug-likeness (QED) is 0.0901. The van der Waals surface area contributed by atoms with Gasteiger partial charge >= 0.3 is 11.9 Å². The molecule has 0 atom stereocenters. The van der Waals surface area contributed by atoms with Gasteiger partial charge in [0.2, 0.25) is 0 Å². The van der Waals surface area contributed by atoms with E-state index in [2.05, 4.69) is 4.90 Å². The molecule has 5 aromatic carbocycles. The lowest BCUT2D eigenvalue weighted by atomic mass is 10.0. The number of anilines is 1. The molecular formula is C44H40ClN3O6. The van der Waals surface area contributed by atoms with E-state index in [1.54, 1.807) is 38.5 Å². The minimum absolute atomic E-state index is 0.182. The van der Waals surface area contributed by atoms with Gasteiger partial charge in [-0.1, -0.05) is 121 Å². The smallest absolute Gasteiger partial charge is 0.338 e. The first kappa shape index (κ1) is 37.9. The molecule has 1 aromatic heterocycles. The summed E-state index contributed by atoms with van der Waals surface area (Å²) in [6, 6.07) is 41.3. The third-order valence-electron chi connectivity index (χ3n) is 8.70. The van der Waals surface area contributed by atoms with Crippen LogP contribution in [0.25, 0.3) is 33.6 Å². The van der Waals surface area contributed by atoms with Crippen molar-refractivity contribution >= 4 is 29.4 Å². The van der Waals surface area contributed by atoms with Crippen molar-refractivity contribution in [2.45, 2.75) is 13.2 Å². The lowest BCUT2D eigenvalue weighted by Crippen LogP contribution is -2.32. The molecule has 0 unspecified atom stereocenters. The molecule has 0 aliphatic rings. The fraction of sp³-hybridized carbons (Fsp3) is 0.182. The number of hydrogen-bond donors (Lipinski definition) is 0. The van der Waals surface area contributed by atoms with Crippen LogP contribution in [0.1, 0.15) is 31.8 Å². The Bertz CT molecular complexity index is 2120. The van der Waals surface area contributed by atoms with Crippen LogP contribution in [0.4, 0.5) is 5.82 Å². The van der Waals surface area contributed by atoms with Crippen LogP contribution in [-0.4, -0.2) is 62.4 Å². The van der Waals surface area contributed by atoms with E-state index in [9.17, 15) is 9.59 Å². The van der Waals surface area contributed by atoms with E-state index in [0.717, 1.165) is 33.4 Å². The Balaban J connectivity index is 1.23. The second-order valence-electron chi connectivity index (χ2n) is 12.4. The van der Waals surface area contributed by atoms with Gasteiger partial charge in [-0.25, -0.2) is 19.6 Å². The molecule has 0 spiro atoms. The van der Waals surface area contributed by atoms with Gasteiger partial charge < -0.3 is 23.8 Å². The maximum atomic E-state index is 12.8. The van der Waals surface area contributed by atoms with Gasteiger partial charge in [-0.05, 0) is 46.5 Å². The fourth-order valence-corrected chi connectivity index (χ4v) is 5.96. The van der Waals surface area contributed by atoms with Gasteiger partial charge in [0.05, 0.1) is 24.3 Å². The van der Waals surface area contributed by atoms with Crippen molar-refractivity contribution in [1.82, 2.24) is 9.97 Å². The van der Waals surface area contributed by atoms with Gasteiger partial charge in [0.15, 0.2) is 11.0 Å². The number of methoxy groups -OCH3 is 2. The minimum Gasteiger partial charge on any atom is -0.457 e. The number of carbonyl (C=O) groups is 2. The molecule has 6 aromatic rings. The maximum absolute atomic E-state index is 12.8. The molecule has 0 aliphatic heterocycles. The van der Waals surface area contributed by atoms with Crippen molar-refractivity contribution in [2.75, 3.05) is 45.4 Å². The second kappa shape index (κ2) is 18.8. The number of benzene rings is 5. The molecule has 1 heterocycles. The summed E-state index contributed by atoms with van der Waals surface area (Å²) in [6.45, 7) is 2.36. The van der Waals surface area contributed by atoms with Gasteiger partial charge in [-0.3, -0.25) is 0 Å². The molecule has 10 heteroatoms. The predicted octanol–water partition coefficient (Wildman–Crippen LogP) is 8.94. The number of esters is 2. The molecule has 0 radical (unpaired) electrons. The Hall–Kier alpha value is -5.87. The van der Waals surface area contributed by atoms with Crippen LogP contribution in [-0.2, 0) is 32.2 Å². The van der Waals surface area contributed by atoms with Gasteiger partial charge in [-0.15, -0.1) is 0 Å². The third-order valence-corrected chi connectivity index (χ3v) is 8.96. The molecule has 0 saturated heterocycles. The molecule has 9 nitrogen and oxygen atoms in total. The van der Waals surface area contributed by atoms with Crippen molar-refractivity contribution in [3.8, 4) is 33.6 Å². The van der Waals surface area contributed by atoms with Crippen molar-refractivity contribution in [1.29, 1.82) is 0 Å². The first-order chi connectivity index (χ1) is 26.4. The summed E-state index contributed by atoms with van der Waals surface area (Å²) in [5.74, 6) is -0.204. The summed E-state index contributed by atoms with van der Waals surface area (Å²) < 4.78 is 21.9. The molecule has 0 amide bonds. The van der Waals surface area contributed by atoms with Crippen LogP contribution in [0.3, 0.4) is 0 Å². The maximum Gasteiger partial charge on any atom is 0.338 e. The van der Waals surface area contributed by atoms with E-state index < -0.39 is 5.97 Å². The molecule has 0 N–H and O–H groups in total. The number of rotatable bonds is 16. The number of aromatic nitrogens is 2. The summed E-state index contributed by atoms with van der Waals surface area (Å²) in [7, 11) is 3.30. The molecule has 0 fully saturated rings. The summed E-state index contributed by atoms with van der Waals surface area (Å²) in [5, 5.41) is 0.227. The molecular weight excluding hydrogens is 702 g/mol. The van der Waals surface area contributed by atoms with Crippen LogP contribution in [0.15, 0.2) is 133 Å². The standard InChI is InChI=1S/C44H40ClN3O6/c1-51-27-25-48(26-28-52-2)42-40(36-19-23-38(24-20-36)44(50)54-30-32-11-7-4-8-12-32)46-41(45)39(47-42)35-17-13-33(14-18-35)34-15-21-37(22-16-34)43(49)53-29-31-9-5-3-6-10-31/h3-24H,25-30H2,1-2H3. The van der Waals surface area contributed by atoms with Crippen molar-refractivity contribution in [3.63, 3.8) is 0 Å². The molecule has 54 heavy (non-hydrogen) atoms. The van der Waals surface area contributed by atoms with Crippen LogP contribution < -0.4 is 4.90 Å². The number of nitrogens with zero attached hydrogens (tertiary/aromatic N) is 3. The first-order valence-corrected chi connectivity index (χ1v) is 17.8. The van der Waals surface area contributed by atoms with Crippen molar-refractivity contribution < 1.29 is 28.5 Å². The van der Waals surface area contributed by atoms with Crippen molar-refractivity contribution in [2.24, 2.45) is 0 Å². The highest BCUT2D eigenvalue weighted by Crippen LogP contribution is 2.35. The Morgan fingerprint density at radius 3 is 1.41 bits per heavy atom. The number of halogens is 1. The zero-order chi connectivity index (χ0) is 37.7. The summed E-state index contributed by atoms with van der Waals surface area (Å²) in [5.41, 5.74) is 7.20. The molecule has 0 aliphatic carbocycles. The third kappa shape index (κ3) is 9.76.